The topological polar surface area (TPSA) is 87.3 Å². The van der Waals surface area contributed by atoms with Crippen molar-refractivity contribution in [3.05, 3.63) is 46.9 Å². The van der Waals surface area contributed by atoms with Crippen molar-refractivity contribution >= 4 is 45.6 Å². The monoisotopic (exact) mass is 388 g/mol. The molecule has 0 saturated carbocycles. The highest BCUT2D eigenvalue weighted by atomic mass is 35.5. The number of H-pyrrole nitrogens is 1. The SMILES string of the molecule is O=C(CN1C(=O)COc2ccc(Cl)cc21)Nc1nc(-c2ccc[nH]2)cs1. The molecule has 26 heavy (non-hydrogen) atoms. The molecule has 0 bridgehead atoms. The summed E-state index contributed by atoms with van der Waals surface area (Å²) in [5.41, 5.74) is 2.10. The molecule has 0 fully saturated rings. The maximum Gasteiger partial charge on any atom is 0.265 e. The Morgan fingerprint density at radius 3 is 3.12 bits per heavy atom. The van der Waals surface area contributed by atoms with Crippen molar-refractivity contribution in [2.24, 2.45) is 0 Å². The highest BCUT2D eigenvalue weighted by Crippen LogP contribution is 2.34. The molecule has 0 spiro atoms. The van der Waals surface area contributed by atoms with Gasteiger partial charge in [0.1, 0.15) is 12.3 Å². The van der Waals surface area contributed by atoms with Crippen LogP contribution in [0.15, 0.2) is 41.9 Å². The van der Waals surface area contributed by atoms with Crippen molar-refractivity contribution in [2.75, 3.05) is 23.4 Å². The van der Waals surface area contributed by atoms with E-state index in [9.17, 15) is 9.59 Å². The number of nitrogens with zero attached hydrogens (tertiary/aromatic N) is 2. The molecule has 1 aliphatic rings. The lowest BCUT2D eigenvalue weighted by Gasteiger charge is -2.28. The second-order valence-corrected chi connectivity index (χ2v) is 6.85. The number of hydrogen-bond donors (Lipinski definition) is 2. The molecular weight excluding hydrogens is 376 g/mol. The van der Waals surface area contributed by atoms with Gasteiger partial charge >= 0.3 is 0 Å². The van der Waals surface area contributed by atoms with Crippen molar-refractivity contribution < 1.29 is 14.3 Å². The Morgan fingerprint density at radius 2 is 2.31 bits per heavy atom. The third-order valence-electron chi connectivity index (χ3n) is 3.79. The maximum absolute atomic E-state index is 12.4. The van der Waals surface area contributed by atoms with Gasteiger partial charge in [-0.2, -0.15) is 0 Å². The average Bonchev–Trinajstić information content (AvgIpc) is 3.29. The molecule has 3 aromatic rings. The van der Waals surface area contributed by atoms with E-state index >= 15 is 0 Å². The minimum absolute atomic E-state index is 0.115. The summed E-state index contributed by atoms with van der Waals surface area (Å²) in [4.78, 5) is 33.4. The van der Waals surface area contributed by atoms with Gasteiger partial charge in [0.25, 0.3) is 5.91 Å². The van der Waals surface area contributed by atoms with Gasteiger partial charge in [-0.05, 0) is 30.3 Å². The van der Waals surface area contributed by atoms with Gasteiger partial charge in [-0.1, -0.05) is 11.6 Å². The zero-order chi connectivity index (χ0) is 18.1. The van der Waals surface area contributed by atoms with Crippen molar-refractivity contribution in [3.63, 3.8) is 0 Å². The predicted molar refractivity (Wildman–Crippen MR) is 99.8 cm³/mol. The Balaban J connectivity index is 1.48. The van der Waals surface area contributed by atoms with Gasteiger partial charge < -0.3 is 15.0 Å². The number of halogens is 1. The van der Waals surface area contributed by atoms with Gasteiger partial charge in [0.15, 0.2) is 11.7 Å². The quantitative estimate of drug-likeness (QED) is 0.718. The van der Waals surface area contributed by atoms with Crippen LogP contribution in [0.2, 0.25) is 5.02 Å². The number of aromatic nitrogens is 2. The fourth-order valence-corrected chi connectivity index (χ4v) is 3.49. The van der Waals surface area contributed by atoms with Crippen molar-refractivity contribution in [2.45, 2.75) is 0 Å². The van der Waals surface area contributed by atoms with Crippen LogP contribution in [0.3, 0.4) is 0 Å². The largest absolute Gasteiger partial charge is 0.482 e. The first-order valence-corrected chi connectivity index (χ1v) is 8.98. The van der Waals surface area contributed by atoms with Gasteiger partial charge in [-0.15, -0.1) is 11.3 Å². The molecule has 0 aliphatic carbocycles. The molecule has 0 saturated heterocycles. The number of amides is 2. The van der Waals surface area contributed by atoms with Crippen molar-refractivity contribution in [3.8, 4) is 17.1 Å². The molecule has 2 amide bonds. The summed E-state index contributed by atoms with van der Waals surface area (Å²) in [7, 11) is 0. The molecule has 0 radical (unpaired) electrons. The number of ether oxygens (including phenoxy) is 1. The number of nitrogens with one attached hydrogen (secondary N) is 2. The van der Waals surface area contributed by atoms with E-state index in [2.05, 4.69) is 15.3 Å². The second-order valence-electron chi connectivity index (χ2n) is 5.55. The third-order valence-corrected chi connectivity index (χ3v) is 4.78. The van der Waals surface area contributed by atoms with Gasteiger partial charge in [0, 0.05) is 16.6 Å². The zero-order valence-electron chi connectivity index (χ0n) is 13.4. The van der Waals surface area contributed by atoms with Gasteiger partial charge in [0.2, 0.25) is 5.91 Å². The summed E-state index contributed by atoms with van der Waals surface area (Å²) in [6.07, 6.45) is 1.81. The summed E-state index contributed by atoms with van der Waals surface area (Å²) in [6.45, 7) is -0.261. The number of rotatable bonds is 4. The maximum atomic E-state index is 12.4. The third kappa shape index (κ3) is 3.29. The van der Waals surface area contributed by atoms with Crippen LogP contribution in [-0.4, -0.2) is 34.9 Å². The number of hydrogen-bond acceptors (Lipinski definition) is 5. The lowest BCUT2D eigenvalue weighted by molar-refractivity contribution is -0.123. The summed E-state index contributed by atoms with van der Waals surface area (Å²) in [6, 6.07) is 8.73. The first-order chi connectivity index (χ1) is 12.6. The molecule has 0 atom stereocenters. The number of aromatic amines is 1. The van der Waals surface area contributed by atoms with E-state index in [0.717, 1.165) is 11.4 Å². The molecule has 9 heteroatoms. The van der Waals surface area contributed by atoms with E-state index in [4.69, 9.17) is 16.3 Å². The van der Waals surface area contributed by atoms with Crippen molar-refractivity contribution in [1.29, 1.82) is 0 Å². The fourth-order valence-electron chi connectivity index (χ4n) is 2.60. The molecule has 3 heterocycles. The van der Waals surface area contributed by atoms with E-state index in [0.29, 0.717) is 21.6 Å². The lowest BCUT2D eigenvalue weighted by atomic mass is 10.2. The highest BCUT2D eigenvalue weighted by molar-refractivity contribution is 7.14. The Hall–Kier alpha value is -2.84. The van der Waals surface area contributed by atoms with E-state index in [1.54, 1.807) is 24.4 Å². The summed E-state index contributed by atoms with van der Waals surface area (Å²) < 4.78 is 5.37. The first kappa shape index (κ1) is 16.6. The molecule has 132 valence electrons. The summed E-state index contributed by atoms with van der Waals surface area (Å²) in [5.74, 6) is -0.134. The number of thiazole rings is 1. The number of carbonyl (C=O) groups excluding carboxylic acids is 2. The van der Waals surface area contributed by atoms with Crippen LogP contribution >= 0.6 is 22.9 Å². The molecule has 1 aliphatic heterocycles. The molecule has 0 unspecified atom stereocenters. The van der Waals surface area contributed by atoms with Crippen LogP contribution < -0.4 is 15.0 Å². The molecule has 7 nitrogen and oxygen atoms in total. The van der Waals surface area contributed by atoms with Crippen LogP contribution in [0.4, 0.5) is 10.8 Å². The number of anilines is 2. The van der Waals surface area contributed by atoms with Gasteiger partial charge in [-0.3, -0.25) is 14.5 Å². The van der Waals surface area contributed by atoms with E-state index in [1.165, 1.54) is 16.2 Å². The van der Waals surface area contributed by atoms with Crippen molar-refractivity contribution in [1.82, 2.24) is 9.97 Å². The smallest absolute Gasteiger partial charge is 0.265 e. The normalized spacial score (nSPS) is 13.3. The number of carbonyl (C=O) groups is 2. The Kier molecular flexibility index (Phi) is 4.36. The van der Waals surface area contributed by atoms with E-state index in [-0.39, 0.29) is 25.0 Å². The Labute approximate surface area is 157 Å². The summed E-state index contributed by atoms with van der Waals surface area (Å²) >= 11 is 7.32. The Bertz CT molecular complexity index is 970. The predicted octanol–water partition coefficient (Wildman–Crippen LogP) is 3.16. The van der Waals surface area contributed by atoms with Crippen LogP contribution in [0.25, 0.3) is 11.4 Å². The minimum atomic E-state index is -0.349. The molecule has 4 rings (SSSR count). The second kappa shape index (κ2) is 6.81. The lowest BCUT2D eigenvalue weighted by Crippen LogP contribution is -2.43. The summed E-state index contributed by atoms with van der Waals surface area (Å²) in [5, 5.41) is 5.49. The van der Waals surface area contributed by atoms with Gasteiger partial charge in [-0.25, -0.2) is 4.98 Å². The average molecular weight is 389 g/mol. The molecular formula is C17H13ClN4O3S. The van der Waals surface area contributed by atoms with Crippen LogP contribution in [0.1, 0.15) is 0 Å². The van der Waals surface area contributed by atoms with E-state index in [1.807, 2.05) is 17.5 Å². The molecule has 2 aromatic heterocycles. The Morgan fingerprint density at radius 1 is 1.42 bits per heavy atom. The zero-order valence-corrected chi connectivity index (χ0v) is 14.9. The van der Waals surface area contributed by atoms with Gasteiger partial charge in [0.05, 0.1) is 17.1 Å². The van der Waals surface area contributed by atoms with Crippen LogP contribution in [0.5, 0.6) is 5.75 Å². The molecule has 2 N–H and O–H groups in total. The van der Waals surface area contributed by atoms with Crippen LogP contribution in [-0.2, 0) is 9.59 Å². The van der Waals surface area contributed by atoms with Crippen LogP contribution in [0, 0.1) is 0 Å². The number of fused-ring (bicyclic) bond motifs is 1. The minimum Gasteiger partial charge on any atom is -0.482 e. The first-order valence-electron chi connectivity index (χ1n) is 7.72. The standard InChI is InChI=1S/C17H13ClN4O3S/c18-10-3-4-14-13(6-10)22(16(24)8-25-14)7-15(23)21-17-20-12(9-26-17)11-2-1-5-19-11/h1-6,9,19H,7-8H2,(H,20,21,23). The van der Waals surface area contributed by atoms with E-state index < -0.39 is 0 Å². The fraction of sp³-hybridized carbons (Fsp3) is 0.118. The molecule has 1 aromatic carbocycles. The number of benzene rings is 1. The highest BCUT2D eigenvalue weighted by Gasteiger charge is 2.27.